The molecule has 0 aromatic carbocycles. The molecule has 1 heterocycles. The van der Waals surface area contributed by atoms with Crippen molar-refractivity contribution >= 4 is 15.5 Å². The van der Waals surface area contributed by atoms with Crippen molar-refractivity contribution in [2.24, 2.45) is 5.41 Å². The molecule has 0 bridgehead atoms. The fourth-order valence-corrected chi connectivity index (χ4v) is 4.01. The number of hydrogen-bond acceptors (Lipinski definition) is 4. The Kier molecular flexibility index (Phi) is 3.95. The van der Waals surface area contributed by atoms with E-state index in [4.69, 9.17) is 18.8 Å². The van der Waals surface area contributed by atoms with Crippen LogP contribution in [0.2, 0.25) is 0 Å². The molecular formula is C7H18O6P2. The SMILES string of the molecule is CCC1(CP(=O)(O)O)CO[PH](C)(O)OC1. The van der Waals surface area contributed by atoms with E-state index in [9.17, 15) is 9.46 Å². The van der Waals surface area contributed by atoms with Crippen molar-refractivity contribution in [1.29, 1.82) is 0 Å². The zero-order valence-electron chi connectivity index (χ0n) is 8.84. The third kappa shape index (κ3) is 4.08. The summed E-state index contributed by atoms with van der Waals surface area (Å²) in [6.45, 7) is 3.61. The van der Waals surface area contributed by atoms with E-state index in [0.717, 1.165) is 0 Å². The molecule has 15 heavy (non-hydrogen) atoms. The summed E-state index contributed by atoms with van der Waals surface area (Å²) < 4.78 is 21.3. The van der Waals surface area contributed by atoms with Crippen LogP contribution >= 0.6 is 15.5 Å². The molecule has 1 aliphatic rings. The molecule has 1 fully saturated rings. The second kappa shape index (κ2) is 4.38. The van der Waals surface area contributed by atoms with Crippen LogP contribution in [0.4, 0.5) is 0 Å². The zero-order chi connectivity index (χ0) is 11.7. The molecule has 0 spiro atoms. The summed E-state index contributed by atoms with van der Waals surface area (Å²) >= 11 is 0. The van der Waals surface area contributed by atoms with Gasteiger partial charge >= 0.3 is 88.6 Å². The molecule has 1 saturated heterocycles. The summed E-state index contributed by atoms with van der Waals surface area (Å²) in [4.78, 5) is 27.4. The van der Waals surface area contributed by atoms with Gasteiger partial charge in [0.15, 0.2) is 0 Å². The van der Waals surface area contributed by atoms with E-state index >= 15 is 0 Å². The molecule has 0 aliphatic carbocycles. The first-order valence-electron chi connectivity index (χ1n) is 4.73. The van der Waals surface area contributed by atoms with Crippen molar-refractivity contribution in [1.82, 2.24) is 0 Å². The minimum atomic E-state index is -4.08. The second-order valence-corrected chi connectivity index (χ2v) is 8.17. The van der Waals surface area contributed by atoms with Crippen LogP contribution in [0.1, 0.15) is 13.3 Å². The maximum atomic E-state index is 11.0. The number of hydrogen-bond donors (Lipinski definition) is 3. The van der Waals surface area contributed by atoms with E-state index < -0.39 is 21.0 Å². The van der Waals surface area contributed by atoms with Gasteiger partial charge in [0.1, 0.15) is 0 Å². The van der Waals surface area contributed by atoms with Gasteiger partial charge in [-0.1, -0.05) is 0 Å². The molecule has 0 saturated carbocycles. The zero-order valence-corrected chi connectivity index (χ0v) is 10.7. The molecule has 0 unspecified atom stereocenters. The average molecular weight is 260 g/mol. The molecule has 0 amide bonds. The summed E-state index contributed by atoms with van der Waals surface area (Å²) in [5.41, 5.74) is -0.672. The molecule has 0 aromatic heterocycles. The Morgan fingerprint density at radius 1 is 1.40 bits per heavy atom. The molecule has 1 rings (SSSR count). The molecule has 0 atom stereocenters. The van der Waals surface area contributed by atoms with Crippen molar-refractivity contribution in [3.05, 3.63) is 0 Å². The maximum absolute atomic E-state index is 11.0. The van der Waals surface area contributed by atoms with Crippen molar-refractivity contribution in [2.75, 3.05) is 26.0 Å². The molecule has 3 N–H and O–H groups in total. The summed E-state index contributed by atoms with van der Waals surface area (Å²) in [5, 5.41) is 0. The first-order valence-corrected chi connectivity index (χ1v) is 8.79. The Labute approximate surface area is 89.3 Å². The Morgan fingerprint density at radius 3 is 2.20 bits per heavy atom. The van der Waals surface area contributed by atoms with Crippen LogP contribution in [-0.4, -0.2) is 40.7 Å². The monoisotopic (exact) mass is 260 g/mol. The molecule has 6 nitrogen and oxygen atoms in total. The van der Waals surface area contributed by atoms with Crippen LogP contribution in [0.3, 0.4) is 0 Å². The predicted octanol–water partition coefficient (Wildman–Crippen LogP) is 0.724. The number of rotatable bonds is 3. The van der Waals surface area contributed by atoms with Crippen molar-refractivity contribution in [3.8, 4) is 0 Å². The van der Waals surface area contributed by atoms with E-state index in [-0.39, 0.29) is 19.4 Å². The molecular weight excluding hydrogens is 242 g/mol. The van der Waals surface area contributed by atoms with Crippen LogP contribution in [0.5, 0.6) is 0 Å². The Balaban J connectivity index is 2.69. The van der Waals surface area contributed by atoms with Crippen LogP contribution < -0.4 is 0 Å². The van der Waals surface area contributed by atoms with E-state index in [2.05, 4.69) is 0 Å². The summed E-state index contributed by atoms with van der Waals surface area (Å²) in [6, 6.07) is 0. The topological polar surface area (TPSA) is 96.2 Å². The second-order valence-electron chi connectivity index (χ2n) is 4.15. The molecule has 8 heteroatoms. The fraction of sp³-hybridized carbons (Fsp3) is 1.00. The van der Waals surface area contributed by atoms with Crippen LogP contribution in [-0.2, 0) is 13.6 Å². The van der Waals surface area contributed by atoms with Gasteiger partial charge in [-0.2, -0.15) is 0 Å². The molecule has 0 radical (unpaired) electrons. The van der Waals surface area contributed by atoms with E-state index in [1.165, 1.54) is 6.66 Å². The van der Waals surface area contributed by atoms with E-state index in [1.54, 1.807) is 0 Å². The van der Waals surface area contributed by atoms with Gasteiger partial charge in [0, 0.05) is 0 Å². The van der Waals surface area contributed by atoms with Gasteiger partial charge in [-0.15, -0.1) is 0 Å². The molecule has 0 aromatic rings. The van der Waals surface area contributed by atoms with Gasteiger partial charge in [-0.05, 0) is 0 Å². The summed E-state index contributed by atoms with van der Waals surface area (Å²) in [7, 11) is -7.11. The first-order chi connectivity index (χ1) is 6.68. The quantitative estimate of drug-likeness (QED) is 0.647. The van der Waals surface area contributed by atoms with Gasteiger partial charge in [-0.25, -0.2) is 0 Å². The Hall–Kier alpha value is 0.460. The van der Waals surface area contributed by atoms with Gasteiger partial charge in [0.25, 0.3) is 0 Å². The van der Waals surface area contributed by atoms with Gasteiger partial charge < -0.3 is 0 Å². The van der Waals surface area contributed by atoms with E-state index in [0.29, 0.717) is 6.42 Å². The van der Waals surface area contributed by atoms with Crippen molar-refractivity contribution in [3.63, 3.8) is 0 Å². The standard InChI is InChI=1S/C7H18O6P2/c1-3-7(6-15(9,10)11)4-12-14(2,8)13-5-7/h8,14H,3-6H2,1-2H3,(H2,9,10,11). The molecule has 1 aliphatic heterocycles. The van der Waals surface area contributed by atoms with Crippen LogP contribution in [0.15, 0.2) is 0 Å². The third-order valence-corrected chi connectivity index (χ3v) is 5.03. The van der Waals surface area contributed by atoms with Gasteiger partial charge in [-0.3, -0.25) is 0 Å². The summed E-state index contributed by atoms with van der Waals surface area (Å²) in [6.07, 6.45) is 0.281. The fourth-order valence-electron chi connectivity index (χ4n) is 1.50. The normalized spacial score (nSPS) is 33.7. The van der Waals surface area contributed by atoms with Crippen LogP contribution in [0.25, 0.3) is 0 Å². The molecule has 92 valence electrons. The third-order valence-electron chi connectivity index (χ3n) is 2.58. The average Bonchev–Trinajstić information content (AvgIpc) is 2.07. The van der Waals surface area contributed by atoms with Gasteiger partial charge in [0.2, 0.25) is 0 Å². The minimum absolute atomic E-state index is 0.147. The van der Waals surface area contributed by atoms with Crippen molar-refractivity contribution < 1.29 is 28.3 Å². The predicted molar refractivity (Wildman–Crippen MR) is 58.0 cm³/mol. The Bertz CT molecular complexity index is 263. The summed E-state index contributed by atoms with van der Waals surface area (Å²) in [5.74, 6) is 0. The van der Waals surface area contributed by atoms with E-state index in [1.807, 2.05) is 6.92 Å². The first kappa shape index (κ1) is 13.5. The Morgan fingerprint density at radius 2 is 1.87 bits per heavy atom. The van der Waals surface area contributed by atoms with Gasteiger partial charge in [0.05, 0.1) is 0 Å². The van der Waals surface area contributed by atoms with Crippen molar-refractivity contribution in [2.45, 2.75) is 13.3 Å². The van der Waals surface area contributed by atoms with Crippen LogP contribution in [0, 0.1) is 5.41 Å².